The quantitative estimate of drug-likeness (QED) is 0.0207. The maximum Gasteiger partial charge on any atom is 0.104 e. The summed E-state index contributed by atoms with van der Waals surface area (Å²) < 4.78 is 133. The topological polar surface area (TPSA) is 423 Å². The molecule has 0 spiro atoms. The fraction of sp³-hybridized carbons (Fsp3) is 1.00. The number of epoxide rings is 7. The molecule has 15 atom stereocenters. The van der Waals surface area contributed by atoms with Gasteiger partial charge in [-0.25, -0.2) is 0 Å². The Balaban J connectivity index is 0.479. The van der Waals surface area contributed by atoms with E-state index < -0.39 is 65.1 Å². The van der Waals surface area contributed by atoms with Crippen molar-refractivity contribution in [3.8, 4) is 0 Å². The van der Waals surface area contributed by atoms with Gasteiger partial charge in [-0.05, 0) is 0 Å². The van der Waals surface area contributed by atoms with Gasteiger partial charge in [-0.2, -0.15) is 0 Å². The van der Waals surface area contributed by atoms with Crippen LogP contribution in [0.2, 0.25) is 0 Å². The molecule has 0 aromatic carbocycles. The van der Waals surface area contributed by atoms with Crippen LogP contribution in [-0.4, -0.2) is 587 Å². The molecule has 11 saturated heterocycles. The Hall–Kier alpha value is -1.56. The van der Waals surface area contributed by atoms with Gasteiger partial charge in [0.1, 0.15) is 42.7 Å². The fourth-order valence-electron chi connectivity index (χ4n) is 15.2. The zero-order valence-electron chi connectivity index (χ0n) is 71.5. The molecule has 0 amide bonds. The van der Waals surface area contributed by atoms with E-state index in [4.69, 9.17) is 109 Å². The lowest BCUT2D eigenvalue weighted by molar-refractivity contribution is -0.124. The predicted octanol–water partition coefficient (Wildman–Crippen LogP) is -7.01. The molecular weight excluding hydrogens is 1580 g/mol. The second-order valence-corrected chi connectivity index (χ2v) is 35.2. The Morgan fingerprint density at radius 3 is 0.492 bits per heavy atom. The zero-order valence-corrected chi connectivity index (χ0v) is 71.5. The maximum atomic E-state index is 11.3. The number of hydrogen-bond donors (Lipinski definition) is 8. The summed E-state index contributed by atoms with van der Waals surface area (Å²) in [7, 11) is 1.65. The van der Waals surface area contributed by atoms with Gasteiger partial charge in [0, 0.05) is 164 Å². The van der Waals surface area contributed by atoms with Crippen molar-refractivity contribution in [1.29, 1.82) is 0 Å². The molecule has 8 N–H and O–H groups in total. The van der Waals surface area contributed by atoms with Gasteiger partial charge in [0.15, 0.2) is 0 Å². The van der Waals surface area contributed by atoms with E-state index in [-0.39, 0.29) is 148 Å². The van der Waals surface area contributed by atoms with E-state index in [1.54, 1.807) is 7.11 Å². The summed E-state index contributed by atoms with van der Waals surface area (Å²) in [5.41, 5.74) is -1.87. The highest BCUT2D eigenvalue weighted by molar-refractivity contribution is 4.88. The minimum atomic E-state index is -0.768. The van der Waals surface area contributed by atoms with Crippen molar-refractivity contribution in [2.75, 3.05) is 415 Å². The molecule has 11 aliphatic heterocycles. The van der Waals surface area contributed by atoms with Gasteiger partial charge >= 0.3 is 0 Å². The van der Waals surface area contributed by atoms with E-state index in [1.165, 1.54) is 0 Å². The summed E-state index contributed by atoms with van der Waals surface area (Å²) in [6.45, 7) is 29.5. The van der Waals surface area contributed by atoms with E-state index in [0.29, 0.717) is 237 Å². The lowest BCUT2D eigenvalue weighted by Crippen LogP contribution is -2.51. The number of ether oxygens (including phenoxy) is 23. The van der Waals surface area contributed by atoms with Crippen LogP contribution in [0.5, 0.6) is 0 Å². The van der Waals surface area contributed by atoms with Gasteiger partial charge in [-0.15, -0.1) is 0 Å². The lowest BCUT2D eigenvalue weighted by Gasteiger charge is -2.37. The van der Waals surface area contributed by atoms with Crippen LogP contribution in [0.4, 0.5) is 0 Å². The fourth-order valence-corrected chi connectivity index (χ4v) is 15.2. The van der Waals surface area contributed by atoms with E-state index in [0.717, 1.165) is 65.4 Å². The molecule has 700 valence electrons. The first-order valence-corrected chi connectivity index (χ1v) is 44.2. The Labute approximate surface area is 709 Å². The minimum absolute atomic E-state index is 0.0422. The van der Waals surface area contributed by atoms with Gasteiger partial charge in [-0.3, -0.25) is 39.2 Å². The first-order valence-electron chi connectivity index (χ1n) is 44.2. The summed E-state index contributed by atoms with van der Waals surface area (Å²) in [4.78, 5) is 17.6. The minimum Gasteiger partial charge on any atom is -0.389 e. The molecule has 15 unspecified atom stereocenters. The maximum absolute atomic E-state index is 11.3. The lowest BCUT2D eigenvalue weighted by atomic mass is 9.92. The molecule has 11 aliphatic rings. The van der Waals surface area contributed by atoms with Crippen LogP contribution in [0, 0.1) is 16.2 Å². The zero-order chi connectivity index (χ0) is 83.9. The van der Waals surface area contributed by atoms with Crippen LogP contribution in [0.3, 0.4) is 0 Å². The summed E-state index contributed by atoms with van der Waals surface area (Å²) in [6, 6.07) is 0. The molecule has 0 bridgehead atoms. The van der Waals surface area contributed by atoms with Crippen LogP contribution in [0.25, 0.3) is 0 Å². The highest BCUT2D eigenvalue weighted by Gasteiger charge is 2.41. The van der Waals surface area contributed by atoms with E-state index >= 15 is 0 Å². The molecule has 120 heavy (non-hydrogen) atoms. The summed E-state index contributed by atoms with van der Waals surface area (Å²) in [5, 5.41) is 87.9. The third-order valence-corrected chi connectivity index (χ3v) is 22.7. The molecule has 0 aromatic rings. The average Bonchev–Trinajstić information content (AvgIpc) is 1.84. The van der Waals surface area contributed by atoms with Gasteiger partial charge < -0.3 is 150 Å². The molecular formula is C81H150N8O31. The van der Waals surface area contributed by atoms with Crippen molar-refractivity contribution in [2.45, 2.75) is 91.6 Å². The molecule has 0 aliphatic carbocycles. The van der Waals surface area contributed by atoms with Crippen molar-refractivity contribution in [2.24, 2.45) is 16.2 Å². The summed E-state index contributed by atoms with van der Waals surface area (Å²) >= 11 is 0. The van der Waals surface area contributed by atoms with E-state index in [1.807, 2.05) is 0 Å². The Morgan fingerprint density at radius 2 is 0.350 bits per heavy atom. The summed E-state index contributed by atoms with van der Waals surface area (Å²) in [5.74, 6) is 0. The highest BCUT2D eigenvalue weighted by atomic mass is 16.6. The van der Waals surface area contributed by atoms with Gasteiger partial charge in [0.05, 0.1) is 316 Å². The predicted molar refractivity (Wildman–Crippen MR) is 429 cm³/mol. The molecule has 11 heterocycles. The third-order valence-electron chi connectivity index (χ3n) is 22.7. The molecule has 0 radical (unpaired) electrons. The standard InChI is InChI=1S/C81H150N8O31/c1-98-52-79(54-107-38-72-45-114-72,55-108-39-73-46-115-73)53-103-34-68(94)26-86-10-2-82(3-11-86)22-64(90)30-99-18-19-100-31-65(91)23-83-4-12-87(13-5-83)27-69(95)35-104-56-80(59-109-40-74-47-116-74,60-110-41-75-48-117-75)57-105-36-70(96)28-88-14-6-84(7-15-88)24-66(92)32-101-20-21-102-33-67(93)25-85-8-16-89(17-9-85)29-71(97)37-106-58-81(61-111-42-76-49-118-76,62-112-43-77-50-119-77)63-113-44-78-51-120-78/h64-78,90-97H,2-63H2,1H3. The number of piperazine rings is 4. The Morgan fingerprint density at radius 1 is 0.217 bits per heavy atom. The molecule has 39 heteroatoms. The second-order valence-electron chi connectivity index (χ2n) is 35.2. The molecule has 39 nitrogen and oxygen atoms in total. The first kappa shape index (κ1) is 99.0. The van der Waals surface area contributed by atoms with Gasteiger partial charge in [0.2, 0.25) is 0 Å². The third kappa shape index (κ3) is 42.8. The van der Waals surface area contributed by atoms with Crippen LogP contribution in [-0.2, 0) is 109 Å². The summed E-state index contributed by atoms with van der Waals surface area (Å²) in [6.07, 6.45) is -4.90. The van der Waals surface area contributed by atoms with Crippen LogP contribution in [0.15, 0.2) is 0 Å². The number of rotatable bonds is 76. The normalized spacial score (nSPS) is 27.6. The number of aliphatic hydroxyl groups is 8. The van der Waals surface area contributed by atoms with Crippen molar-refractivity contribution in [3.05, 3.63) is 0 Å². The Kier molecular flexibility index (Phi) is 45.2. The smallest absolute Gasteiger partial charge is 0.104 e. The molecule has 0 saturated carbocycles. The van der Waals surface area contributed by atoms with E-state index in [2.05, 4.69) is 39.2 Å². The number of methoxy groups -OCH3 is 1. The number of nitrogens with zero attached hydrogens (tertiary/aromatic N) is 8. The molecule has 11 fully saturated rings. The SMILES string of the molecule is COCC(COCC(O)CN1CCN(CC(O)COCCOCC(O)CN2CCN(CC(O)COCC(COCC(O)CN3CCN(CC(O)COCCOCC(O)CN4CCN(CC(O)COCC(COCC5CO5)(COCC5CO5)COCC5CO5)CC4)CC3)(COCC3CO3)COCC3CO3)CC2)CC1)(COCC1CO1)COCC1CO1. The average molecular weight is 1730 g/mol. The van der Waals surface area contributed by atoms with Gasteiger partial charge in [-0.1, -0.05) is 0 Å². The second kappa shape index (κ2) is 54.8. The van der Waals surface area contributed by atoms with Crippen molar-refractivity contribution >= 4 is 0 Å². The molecule has 11 rings (SSSR count). The van der Waals surface area contributed by atoms with E-state index in [9.17, 15) is 40.9 Å². The van der Waals surface area contributed by atoms with Crippen LogP contribution in [0.1, 0.15) is 0 Å². The number of aliphatic hydroxyl groups excluding tert-OH is 8. The van der Waals surface area contributed by atoms with Crippen LogP contribution >= 0.6 is 0 Å². The highest BCUT2D eigenvalue weighted by Crippen LogP contribution is 2.28. The largest absolute Gasteiger partial charge is 0.389 e. The van der Waals surface area contributed by atoms with Crippen LogP contribution < -0.4 is 0 Å². The monoisotopic (exact) mass is 1730 g/mol. The number of hydrogen-bond acceptors (Lipinski definition) is 39. The Bertz CT molecular complexity index is 2540. The van der Waals surface area contributed by atoms with Crippen molar-refractivity contribution in [1.82, 2.24) is 39.2 Å². The number of β-amino-alcohol motifs (C(OH)–C–C–N with tert-alkyl or cyclic N) is 8. The van der Waals surface area contributed by atoms with Gasteiger partial charge in [0.25, 0.3) is 0 Å². The van der Waals surface area contributed by atoms with Crippen molar-refractivity contribution < 1.29 is 150 Å². The van der Waals surface area contributed by atoms with Crippen molar-refractivity contribution in [3.63, 3.8) is 0 Å². The molecule has 0 aromatic heterocycles. The first-order chi connectivity index (χ1) is 58.5.